The highest BCUT2D eigenvalue weighted by molar-refractivity contribution is 7.88. The van der Waals surface area contributed by atoms with Crippen LogP contribution in [0.2, 0.25) is 0 Å². The Balaban J connectivity index is 1.69. The molecule has 10 heteroatoms. The van der Waals surface area contributed by atoms with Crippen molar-refractivity contribution in [1.82, 2.24) is 14.5 Å². The molecule has 1 unspecified atom stereocenters. The normalized spacial score (nSPS) is 17.4. The number of alkyl halides is 3. The van der Waals surface area contributed by atoms with Gasteiger partial charge in [-0.05, 0) is 30.3 Å². The standard InChI is InChI=1S/C21H26F3N3O3S/c1-26-11-13-27(14-12-26)15-20(18-5-3-2-4-6-18)25-31(28,29)16-17-7-9-19(10-8-17)30-21(22,23)24/h2-10,20,25H,11-16H2,1H3. The third kappa shape index (κ3) is 7.80. The van der Waals surface area contributed by atoms with E-state index in [-0.39, 0.29) is 11.5 Å². The molecule has 0 spiro atoms. The molecule has 1 aliphatic heterocycles. The van der Waals surface area contributed by atoms with E-state index in [9.17, 15) is 21.6 Å². The molecule has 6 nitrogen and oxygen atoms in total. The van der Waals surface area contributed by atoms with Crippen molar-refractivity contribution in [2.24, 2.45) is 0 Å². The highest BCUT2D eigenvalue weighted by atomic mass is 32.2. The minimum absolute atomic E-state index is 0.342. The number of nitrogens with zero attached hydrogens (tertiary/aromatic N) is 2. The summed E-state index contributed by atoms with van der Waals surface area (Å²) >= 11 is 0. The van der Waals surface area contributed by atoms with Crippen molar-refractivity contribution in [2.75, 3.05) is 39.8 Å². The van der Waals surface area contributed by atoms with Gasteiger partial charge in [-0.3, -0.25) is 4.90 Å². The number of halogens is 3. The number of nitrogens with one attached hydrogen (secondary N) is 1. The number of ether oxygens (including phenoxy) is 1. The summed E-state index contributed by atoms with van der Waals surface area (Å²) in [5.41, 5.74) is 1.23. The maximum Gasteiger partial charge on any atom is 0.573 e. The van der Waals surface area contributed by atoms with E-state index in [1.165, 1.54) is 12.1 Å². The Labute approximate surface area is 180 Å². The molecule has 170 valence electrons. The van der Waals surface area contributed by atoms with Gasteiger partial charge in [-0.1, -0.05) is 42.5 Å². The fourth-order valence-corrected chi connectivity index (χ4v) is 4.81. The van der Waals surface area contributed by atoms with E-state index < -0.39 is 22.4 Å². The number of rotatable bonds is 8. The summed E-state index contributed by atoms with van der Waals surface area (Å²) in [6, 6.07) is 13.8. The summed E-state index contributed by atoms with van der Waals surface area (Å²) in [5, 5.41) is 0. The third-order valence-electron chi connectivity index (χ3n) is 5.07. The van der Waals surface area contributed by atoms with Gasteiger partial charge in [0.05, 0.1) is 11.8 Å². The lowest BCUT2D eigenvalue weighted by atomic mass is 10.1. The molecule has 1 aliphatic rings. The molecule has 1 saturated heterocycles. The maximum absolute atomic E-state index is 12.8. The van der Waals surface area contributed by atoms with Crippen LogP contribution in [0.5, 0.6) is 5.75 Å². The van der Waals surface area contributed by atoms with E-state index in [1.807, 2.05) is 30.3 Å². The van der Waals surface area contributed by atoms with Crippen LogP contribution in [0.1, 0.15) is 17.2 Å². The molecule has 31 heavy (non-hydrogen) atoms. The molecule has 0 bridgehead atoms. The predicted molar refractivity (Wildman–Crippen MR) is 112 cm³/mol. The smallest absolute Gasteiger partial charge is 0.406 e. The summed E-state index contributed by atoms with van der Waals surface area (Å²) in [5.74, 6) is -0.732. The summed E-state index contributed by atoms with van der Waals surface area (Å²) in [7, 11) is -1.69. The second-order valence-electron chi connectivity index (χ2n) is 7.64. The van der Waals surface area contributed by atoms with Crippen LogP contribution in [-0.4, -0.2) is 64.4 Å². The molecule has 1 N–H and O–H groups in total. The average Bonchev–Trinajstić information content (AvgIpc) is 2.70. The lowest BCUT2D eigenvalue weighted by molar-refractivity contribution is -0.274. The molecular formula is C21H26F3N3O3S. The second-order valence-corrected chi connectivity index (χ2v) is 9.39. The highest BCUT2D eigenvalue weighted by Crippen LogP contribution is 2.24. The molecule has 2 aromatic rings. The first-order chi connectivity index (χ1) is 14.6. The number of hydrogen-bond acceptors (Lipinski definition) is 5. The van der Waals surface area contributed by atoms with Gasteiger partial charge in [-0.2, -0.15) is 0 Å². The van der Waals surface area contributed by atoms with Crippen LogP contribution in [0.15, 0.2) is 54.6 Å². The van der Waals surface area contributed by atoms with Crippen LogP contribution in [0.25, 0.3) is 0 Å². The van der Waals surface area contributed by atoms with Crippen LogP contribution >= 0.6 is 0 Å². The molecule has 3 rings (SSSR count). The molecule has 1 atom stereocenters. The molecule has 1 heterocycles. The molecule has 0 saturated carbocycles. The van der Waals surface area contributed by atoms with E-state index in [4.69, 9.17) is 0 Å². The average molecular weight is 458 g/mol. The van der Waals surface area contributed by atoms with E-state index >= 15 is 0 Å². The Kier molecular flexibility index (Phi) is 7.58. The summed E-state index contributed by atoms with van der Waals surface area (Å²) < 4.78 is 69.2. The number of hydrogen-bond donors (Lipinski definition) is 1. The van der Waals surface area contributed by atoms with Crippen LogP contribution in [0, 0.1) is 0 Å². The number of sulfonamides is 1. The van der Waals surface area contributed by atoms with Gasteiger partial charge < -0.3 is 9.64 Å². The lowest BCUT2D eigenvalue weighted by Gasteiger charge is -2.35. The van der Waals surface area contributed by atoms with Gasteiger partial charge in [0.15, 0.2) is 0 Å². The summed E-state index contributed by atoms with van der Waals surface area (Å²) in [4.78, 5) is 4.45. The van der Waals surface area contributed by atoms with Crippen molar-refractivity contribution < 1.29 is 26.3 Å². The third-order valence-corrected chi connectivity index (χ3v) is 6.43. The van der Waals surface area contributed by atoms with Gasteiger partial charge in [-0.25, -0.2) is 13.1 Å². The SMILES string of the molecule is CN1CCN(CC(NS(=O)(=O)Cc2ccc(OC(F)(F)F)cc2)c2ccccc2)CC1. The topological polar surface area (TPSA) is 61.9 Å². The lowest BCUT2D eigenvalue weighted by Crippen LogP contribution is -2.47. The van der Waals surface area contributed by atoms with Crippen LogP contribution < -0.4 is 9.46 Å². The Morgan fingerprint density at radius 2 is 1.61 bits per heavy atom. The van der Waals surface area contributed by atoms with Crippen molar-refractivity contribution in [3.05, 3.63) is 65.7 Å². The van der Waals surface area contributed by atoms with E-state index in [2.05, 4.69) is 26.3 Å². The minimum atomic E-state index is -4.79. The zero-order chi connectivity index (χ0) is 22.5. The number of piperazine rings is 1. The molecule has 2 aromatic carbocycles. The first-order valence-electron chi connectivity index (χ1n) is 9.90. The maximum atomic E-state index is 12.8. The van der Waals surface area contributed by atoms with Crippen LogP contribution in [-0.2, 0) is 15.8 Å². The second kappa shape index (κ2) is 9.99. The highest BCUT2D eigenvalue weighted by Gasteiger charge is 2.31. The molecule has 0 radical (unpaired) electrons. The molecule has 0 aliphatic carbocycles. The predicted octanol–water partition coefficient (Wildman–Crippen LogP) is 2.99. The van der Waals surface area contributed by atoms with Gasteiger partial charge >= 0.3 is 6.36 Å². The van der Waals surface area contributed by atoms with Gasteiger partial charge in [-0.15, -0.1) is 13.2 Å². The molecule has 0 amide bonds. The van der Waals surface area contributed by atoms with Crippen molar-refractivity contribution in [3.8, 4) is 5.75 Å². The van der Waals surface area contributed by atoms with Crippen molar-refractivity contribution in [1.29, 1.82) is 0 Å². The largest absolute Gasteiger partial charge is 0.573 e. The van der Waals surface area contributed by atoms with Crippen LogP contribution in [0.3, 0.4) is 0 Å². The Bertz CT molecular complexity index is 930. The van der Waals surface area contributed by atoms with Crippen molar-refractivity contribution in [2.45, 2.75) is 18.2 Å². The quantitative estimate of drug-likeness (QED) is 0.661. The van der Waals surface area contributed by atoms with Crippen molar-refractivity contribution >= 4 is 10.0 Å². The van der Waals surface area contributed by atoms with Gasteiger partial charge in [0, 0.05) is 32.7 Å². The van der Waals surface area contributed by atoms with E-state index in [0.29, 0.717) is 12.1 Å². The first kappa shape index (κ1) is 23.5. The van der Waals surface area contributed by atoms with Crippen molar-refractivity contribution in [3.63, 3.8) is 0 Å². The van der Waals surface area contributed by atoms with E-state index in [0.717, 1.165) is 43.9 Å². The van der Waals surface area contributed by atoms with Gasteiger partial charge in [0.1, 0.15) is 5.75 Å². The zero-order valence-corrected chi connectivity index (χ0v) is 18.0. The Morgan fingerprint density at radius 1 is 1.00 bits per heavy atom. The minimum Gasteiger partial charge on any atom is -0.406 e. The monoisotopic (exact) mass is 457 g/mol. The Hall–Kier alpha value is -2.14. The fraction of sp³-hybridized carbons (Fsp3) is 0.429. The molecule has 1 fully saturated rings. The summed E-state index contributed by atoms with van der Waals surface area (Å²) in [6.07, 6.45) is -4.79. The van der Waals surface area contributed by atoms with E-state index in [1.54, 1.807) is 0 Å². The summed E-state index contributed by atoms with van der Waals surface area (Å²) in [6.45, 7) is 4.07. The zero-order valence-electron chi connectivity index (χ0n) is 17.2. The first-order valence-corrected chi connectivity index (χ1v) is 11.6. The van der Waals surface area contributed by atoms with Gasteiger partial charge in [0.2, 0.25) is 10.0 Å². The van der Waals surface area contributed by atoms with Gasteiger partial charge in [0.25, 0.3) is 0 Å². The fourth-order valence-electron chi connectivity index (χ4n) is 3.45. The molecular weight excluding hydrogens is 431 g/mol. The number of benzene rings is 2. The Morgan fingerprint density at radius 3 is 2.19 bits per heavy atom. The molecule has 0 aromatic heterocycles. The number of likely N-dealkylation sites (N-methyl/N-ethyl adjacent to an activating group) is 1. The van der Waals surface area contributed by atoms with Crippen LogP contribution in [0.4, 0.5) is 13.2 Å².